The number of para-hydroxylation sites is 2. The summed E-state index contributed by atoms with van der Waals surface area (Å²) in [5, 5.41) is 10.6. The van der Waals surface area contributed by atoms with Crippen molar-refractivity contribution in [2.45, 2.75) is 46.3 Å². The minimum atomic E-state index is -0.829. The molecule has 3 atom stereocenters. The van der Waals surface area contributed by atoms with Crippen LogP contribution in [0.5, 0.6) is 0 Å². The van der Waals surface area contributed by atoms with Gasteiger partial charge in [0.15, 0.2) is 0 Å². The molecule has 2 aromatic rings. The van der Waals surface area contributed by atoms with Gasteiger partial charge in [0.05, 0.1) is 42.0 Å². The zero-order chi connectivity index (χ0) is 18.7. The predicted octanol–water partition coefficient (Wildman–Crippen LogP) is 2.21. The van der Waals surface area contributed by atoms with E-state index < -0.39 is 11.5 Å². The number of imidazole rings is 1. The molecular weight excluding hydrogens is 330 g/mol. The summed E-state index contributed by atoms with van der Waals surface area (Å²) in [5.41, 5.74) is 0.920. The van der Waals surface area contributed by atoms with E-state index in [9.17, 15) is 14.7 Å². The first kappa shape index (κ1) is 17.2. The number of aliphatic hydroxyl groups excluding tert-OH is 1. The molecule has 1 saturated heterocycles. The summed E-state index contributed by atoms with van der Waals surface area (Å²) in [6.07, 6.45) is 2.33. The molecule has 2 aliphatic rings. The number of likely N-dealkylation sites (tertiary alicyclic amines) is 1. The van der Waals surface area contributed by atoms with Crippen molar-refractivity contribution in [2.24, 2.45) is 16.7 Å². The Labute approximate surface area is 152 Å². The van der Waals surface area contributed by atoms with Gasteiger partial charge in [-0.2, -0.15) is 0 Å². The van der Waals surface area contributed by atoms with Gasteiger partial charge in [-0.1, -0.05) is 32.9 Å². The summed E-state index contributed by atoms with van der Waals surface area (Å²) in [6, 6.07) is 7.69. The maximum Gasteiger partial charge on any atom is 0.235 e. The minimum Gasteiger partial charge on any atom is -0.389 e. The SMILES string of the molecule is CC1(C)[C@H]2CC[C@]1(C)C(=O)N(C[C@@H](O)Cn1cnc3ccccc31)C2=O. The van der Waals surface area contributed by atoms with E-state index in [4.69, 9.17) is 0 Å². The van der Waals surface area contributed by atoms with Crippen molar-refractivity contribution in [1.82, 2.24) is 14.5 Å². The molecule has 1 aromatic carbocycles. The summed E-state index contributed by atoms with van der Waals surface area (Å²) in [7, 11) is 0. The van der Waals surface area contributed by atoms with E-state index in [-0.39, 0.29) is 29.7 Å². The van der Waals surface area contributed by atoms with E-state index in [1.807, 2.05) is 49.6 Å². The monoisotopic (exact) mass is 355 g/mol. The number of benzene rings is 1. The molecule has 1 aliphatic heterocycles. The Balaban J connectivity index is 1.54. The van der Waals surface area contributed by atoms with Crippen molar-refractivity contribution in [3.8, 4) is 0 Å². The molecule has 1 saturated carbocycles. The normalized spacial score (nSPS) is 28.8. The van der Waals surface area contributed by atoms with Gasteiger partial charge in [-0.3, -0.25) is 14.5 Å². The third-order valence-electron chi connectivity index (χ3n) is 6.84. The number of β-amino-alcohol motifs (C(OH)–C–C–N with tert-alkyl or cyclic N) is 1. The number of rotatable bonds is 4. The molecule has 2 heterocycles. The summed E-state index contributed by atoms with van der Waals surface area (Å²) in [4.78, 5) is 31.5. The van der Waals surface area contributed by atoms with Crippen LogP contribution < -0.4 is 0 Å². The fraction of sp³-hybridized carbons (Fsp3) is 0.550. The van der Waals surface area contributed by atoms with Gasteiger partial charge in [0.1, 0.15) is 0 Å². The lowest BCUT2D eigenvalue weighted by Gasteiger charge is -2.48. The quantitative estimate of drug-likeness (QED) is 0.853. The molecule has 6 nitrogen and oxygen atoms in total. The summed E-state index contributed by atoms with van der Waals surface area (Å²) < 4.78 is 1.86. The lowest BCUT2D eigenvalue weighted by Crippen LogP contribution is -2.60. The first-order valence-electron chi connectivity index (χ1n) is 9.19. The first-order valence-corrected chi connectivity index (χ1v) is 9.19. The van der Waals surface area contributed by atoms with E-state index >= 15 is 0 Å². The highest BCUT2D eigenvalue weighted by atomic mass is 16.3. The van der Waals surface area contributed by atoms with Gasteiger partial charge in [-0.15, -0.1) is 0 Å². The summed E-state index contributed by atoms with van der Waals surface area (Å²) in [5.74, 6) is -0.424. The molecule has 0 spiro atoms. The van der Waals surface area contributed by atoms with Crippen LogP contribution in [0.15, 0.2) is 30.6 Å². The highest BCUT2D eigenvalue weighted by molar-refractivity contribution is 6.03. The number of carbonyl (C=O) groups excluding carboxylic acids is 2. The highest BCUT2D eigenvalue weighted by Crippen LogP contribution is 2.60. The summed E-state index contributed by atoms with van der Waals surface area (Å²) in [6.45, 7) is 6.33. The number of hydrogen-bond donors (Lipinski definition) is 1. The number of fused-ring (bicyclic) bond motifs is 3. The largest absolute Gasteiger partial charge is 0.389 e. The highest BCUT2D eigenvalue weighted by Gasteiger charge is 2.64. The molecule has 0 unspecified atom stereocenters. The fourth-order valence-electron chi connectivity index (χ4n) is 4.73. The Morgan fingerprint density at radius 3 is 2.73 bits per heavy atom. The molecule has 0 radical (unpaired) electrons. The molecule has 1 N–H and O–H groups in total. The lowest BCUT2D eigenvalue weighted by molar-refractivity contribution is -0.169. The van der Waals surface area contributed by atoms with Crippen LogP contribution in [-0.4, -0.2) is 44.0 Å². The minimum absolute atomic E-state index is 0.0341. The molecule has 4 rings (SSSR count). The third-order valence-corrected chi connectivity index (χ3v) is 6.84. The van der Waals surface area contributed by atoms with Crippen LogP contribution in [0.1, 0.15) is 33.6 Å². The summed E-state index contributed by atoms with van der Waals surface area (Å²) >= 11 is 0. The topological polar surface area (TPSA) is 75.4 Å². The predicted molar refractivity (Wildman–Crippen MR) is 97.1 cm³/mol. The average molecular weight is 355 g/mol. The van der Waals surface area contributed by atoms with Crippen LogP contribution in [0.2, 0.25) is 0 Å². The van der Waals surface area contributed by atoms with Gasteiger partial charge < -0.3 is 9.67 Å². The first-order chi connectivity index (χ1) is 12.3. The Morgan fingerprint density at radius 1 is 1.23 bits per heavy atom. The van der Waals surface area contributed by atoms with E-state index in [0.29, 0.717) is 6.54 Å². The smallest absolute Gasteiger partial charge is 0.235 e. The second-order valence-corrected chi connectivity index (χ2v) is 8.44. The number of hydrogen-bond acceptors (Lipinski definition) is 4. The van der Waals surface area contributed by atoms with Crippen LogP contribution in [0.3, 0.4) is 0 Å². The van der Waals surface area contributed by atoms with E-state index in [2.05, 4.69) is 4.98 Å². The van der Waals surface area contributed by atoms with Crippen LogP contribution in [0.25, 0.3) is 11.0 Å². The Kier molecular flexibility index (Phi) is 3.74. The average Bonchev–Trinajstić information content (AvgIpc) is 3.08. The van der Waals surface area contributed by atoms with Gasteiger partial charge in [-0.05, 0) is 30.4 Å². The van der Waals surface area contributed by atoms with Crippen molar-refractivity contribution in [3.05, 3.63) is 30.6 Å². The number of carbonyl (C=O) groups is 2. The van der Waals surface area contributed by atoms with Crippen molar-refractivity contribution >= 4 is 22.8 Å². The molecule has 2 amide bonds. The van der Waals surface area contributed by atoms with E-state index in [1.165, 1.54) is 4.90 Å². The molecular formula is C20H25N3O3. The molecule has 138 valence electrons. The number of amides is 2. The zero-order valence-corrected chi connectivity index (χ0v) is 15.5. The van der Waals surface area contributed by atoms with E-state index in [0.717, 1.165) is 23.9 Å². The molecule has 2 bridgehead atoms. The number of aromatic nitrogens is 2. The van der Waals surface area contributed by atoms with Crippen molar-refractivity contribution < 1.29 is 14.7 Å². The van der Waals surface area contributed by atoms with E-state index in [1.54, 1.807) is 6.33 Å². The van der Waals surface area contributed by atoms with Crippen LogP contribution in [0.4, 0.5) is 0 Å². The van der Waals surface area contributed by atoms with Gasteiger partial charge >= 0.3 is 0 Å². The van der Waals surface area contributed by atoms with Crippen molar-refractivity contribution in [2.75, 3.05) is 6.54 Å². The Bertz CT molecular complexity index is 887. The van der Waals surface area contributed by atoms with Crippen LogP contribution in [-0.2, 0) is 16.1 Å². The standard InChI is InChI=1S/C20H25N3O3/c1-19(2)14-8-9-20(19,3)18(26)23(17(14)25)11-13(24)10-22-12-21-15-6-4-5-7-16(15)22/h4-7,12-14,24H,8-11H2,1-3H3/t13-,14-,20+/m0/s1. The second-order valence-electron chi connectivity index (χ2n) is 8.44. The number of aliphatic hydroxyl groups is 1. The number of piperidine rings is 1. The maximum absolute atomic E-state index is 13.1. The molecule has 6 heteroatoms. The number of nitrogens with zero attached hydrogens (tertiary/aromatic N) is 3. The Hall–Kier alpha value is -2.21. The second kappa shape index (κ2) is 5.64. The number of imide groups is 1. The molecule has 26 heavy (non-hydrogen) atoms. The maximum atomic E-state index is 13.1. The van der Waals surface area contributed by atoms with Crippen LogP contribution in [0, 0.1) is 16.7 Å². The van der Waals surface area contributed by atoms with Gasteiger partial charge in [0.2, 0.25) is 11.8 Å². The molecule has 1 aliphatic carbocycles. The van der Waals surface area contributed by atoms with Crippen molar-refractivity contribution in [1.29, 1.82) is 0 Å². The Morgan fingerprint density at radius 2 is 1.96 bits per heavy atom. The fourth-order valence-corrected chi connectivity index (χ4v) is 4.73. The molecule has 2 fully saturated rings. The lowest BCUT2D eigenvalue weighted by atomic mass is 9.62. The zero-order valence-electron chi connectivity index (χ0n) is 15.5. The van der Waals surface area contributed by atoms with Gasteiger partial charge in [0.25, 0.3) is 0 Å². The molecule has 1 aromatic heterocycles. The van der Waals surface area contributed by atoms with Crippen LogP contribution >= 0.6 is 0 Å². The van der Waals surface area contributed by atoms with Gasteiger partial charge in [0, 0.05) is 5.92 Å². The third kappa shape index (κ3) is 2.24. The van der Waals surface area contributed by atoms with Crippen molar-refractivity contribution in [3.63, 3.8) is 0 Å². The van der Waals surface area contributed by atoms with Gasteiger partial charge in [-0.25, -0.2) is 4.98 Å².